The van der Waals surface area contributed by atoms with Crippen molar-refractivity contribution in [3.05, 3.63) is 58.6 Å². The molecule has 0 saturated heterocycles. The van der Waals surface area contributed by atoms with E-state index in [0.29, 0.717) is 16.8 Å². The number of carbonyl (C=O) groups is 2. The van der Waals surface area contributed by atoms with Crippen molar-refractivity contribution in [3.63, 3.8) is 0 Å². The number of nitrogens with one attached hydrogen (secondary N) is 1. The number of hydrogen-bond donors (Lipinski definition) is 1. The van der Waals surface area contributed by atoms with Crippen LogP contribution in [0.25, 0.3) is 0 Å². The second-order valence-electron chi connectivity index (χ2n) is 6.17. The number of pyridine rings is 2. The summed E-state index contributed by atoms with van der Waals surface area (Å²) in [6.07, 6.45) is 3.06. The van der Waals surface area contributed by atoms with Gasteiger partial charge in [-0.15, -0.1) is 0 Å². The van der Waals surface area contributed by atoms with Gasteiger partial charge in [0.15, 0.2) is 5.78 Å². The zero-order chi connectivity index (χ0) is 17.0. The van der Waals surface area contributed by atoms with Gasteiger partial charge >= 0.3 is 0 Å². The topological polar surface area (TPSA) is 72.0 Å². The van der Waals surface area contributed by atoms with Crippen molar-refractivity contribution in [1.29, 1.82) is 0 Å². The number of amides is 1. The highest BCUT2D eigenvalue weighted by Crippen LogP contribution is 2.14. The predicted octanol–water partition coefficient (Wildman–Crippen LogP) is 3.08. The lowest BCUT2D eigenvalue weighted by Crippen LogP contribution is -2.41. The molecule has 0 aliphatic carbocycles. The van der Waals surface area contributed by atoms with Gasteiger partial charge in [0.25, 0.3) is 5.91 Å². The highest BCUT2D eigenvalue weighted by atomic mass is 35.5. The molecule has 2 rings (SSSR count). The van der Waals surface area contributed by atoms with Crippen LogP contribution in [0.5, 0.6) is 0 Å². The molecule has 5 nitrogen and oxygen atoms in total. The zero-order valence-corrected chi connectivity index (χ0v) is 14.0. The smallest absolute Gasteiger partial charge is 0.253 e. The summed E-state index contributed by atoms with van der Waals surface area (Å²) in [4.78, 5) is 32.8. The Morgan fingerprint density at radius 2 is 1.91 bits per heavy atom. The van der Waals surface area contributed by atoms with Gasteiger partial charge in [0.1, 0.15) is 5.15 Å². The molecule has 0 radical (unpaired) electrons. The molecule has 120 valence electrons. The summed E-state index contributed by atoms with van der Waals surface area (Å²) in [5.41, 5.74) is 0.910. The predicted molar refractivity (Wildman–Crippen MR) is 88.7 cm³/mol. The van der Waals surface area contributed by atoms with E-state index in [9.17, 15) is 9.59 Å². The molecule has 0 aliphatic heterocycles. The third kappa shape index (κ3) is 4.86. The van der Waals surface area contributed by atoms with Gasteiger partial charge in [-0.2, -0.15) is 0 Å². The van der Waals surface area contributed by atoms with Gasteiger partial charge in [-0.3, -0.25) is 14.6 Å². The maximum atomic E-state index is 12.4. The number of nitrogens with zero attached hydrogens (tertiary/aromatic N) is 2. The lowest BCUT2D eigenvalue weighted by atomic mass is 10.0. The minimum atomic E-state index is -0.368. The Labute approximate surface area is 140 Å². The Morgan fingerprint density at radius 3 is 2.57 bits per heavy atom. The van der Waals surface area contributed by atoms with Gasteiger partial charge in [-0.1, -0.05) is 11.6 Å². The van der Waals surface area contributed by atoms with E-state index in [0.717, 1.165) is 0 Å². The number of halogens is 1. The fourth-order valence-corrected chi connectivity index (χ4v) is 2.20. The molecule has 23 heavy (non-hydrogen) atoms. The van der Waals surface area contributed by atoms with Crippen LogP contribution in [-0.2, 0) is 6.42 Å². The van der Waals surface area contributed by atoms with Crippen molar-refractivity contribution in [1.82, 2.24) is 15.3 Å². The van der Waals surface area contributed by atoms with Crippen molar-refractivity contribution in [2.24, 2.45) is 0 Å². The minimum Gasteiger partial charge on any atom is -0.347 e. The first-order valence-corrected chi connectivity index (χ1v) is 7.55. The van der Waals surface area contributed by atoms with Crippen molar-refractivity contribution in [2.45, 2.75) is 32.7 Å². The SMILES string of the molecule is CC(C)(C)NC(=O)c1cccnc1CC(=O)c1ccnc(Cl)c1. The summed E-state index contributed by atoms with van der Waals surface area (Å²) in [5, 5.41) is 3.13. The maximum absolute atomic E-state index is 12.4. The summed E-state index contributed by atoms with van der Waals surface area (Å²) >= 11 is 5.80. The third-order valence-electron chi connectivity index (χ3n) is 3.00. The minimum absolute atomic E-state index is 0.0219. The van der Waals surface area contributed by atoms with Crippen molar-refractivity contribution >= 4 is 23.3 Å². The van der Waals surface area contributed by atoms with Gasteiger partial charge in [-0.05, 0) is 45.0 Å². The Balaban J connectivity index is 2.24. The molecule has 1 N–H and O–H groups in total. The first-order valence-electron chi connectivity index (χ1n) is 7.17. The number of aromatic nitrogens is 2. The van der Waals surface area contributed by atoms with E-state index in [1.54, 1.807) is 24.4 Å². The largest absolute Gasteiger partial charge is 0.347 e. The van der Waals surface area contributed by atoms with Crippen LogP contribution in [0.3, 0.4) is 0 Å². The molecule has 1 amide bonds. The van der Waals surface area contributed by atoms with Gasteiger partial charge in [0.2, 0.25) is 0 Å². The van der Waals surface area contributed by atoms with Crippen LogP contribution in [0.15, 0.2) is 36.7 Å². The number of carbonyl (C=O) groups excluding carboxylic acids is 2. The van der Waals surface area contributed by atoms with Crippen molar-refractivity contribution in [2.75, 3.05) is 0 Å². The summed E-state index contributed by atoms with van der Waals surface area (Å²) in [7, 11) is 0. The van der Waals surface area contributed by atoms with Crippen LogP contribution in [0, 0.1) is 0 Å². The number of hydrogen-bond acceptors (Lipinski definition) is 4. The van der Waals surface area contributed by atoms with Crippen LogP contribution >= 0.6 is 11.6 Å². The molecule has 0 aliphatic rings. The normalized spacial score (nSPS) is 11.1. The molecule has 2 heterocycles. The van der Waals surface area contributed by atoms with Crippen molar-refractivity contribution in [3.8, 4) is 0 Å². The molecule has 2 aromatic rings. The molecular weight excluding hydrogens is 314 g/mol. The van der Waals surface area contributed by atoms with Crippen molar-refractivity contribution < 1.29 is 9.59 Å². The Hall–Kier alpha value is -2.27. The monoisotopic (exact) mass is 331 g/mol. The Morgan fingerprint density at radius 1 is 1.17 bits per heavy atom. The van der Waals surface area contributed by atoms with E-state index in [1.165, 1.54) is 12.3 Å². The maximum Gasteiger partial charge on any atom is 0.253 e. The van der Waals surface area contributed by atoms with E-state index in [4.69, 9.17) is 11.6 Å². The van der Waals surface area contributed by atoms with E-state index >= 15 is 0 Å². The number of ketones is 1. The van der Waals surface area contributed by atoms with Gasteiger partial charge in [-0.25, -0.2) is 4.98 Å². The molecule has 0 aromatic carbocycles. The standard InChI is InChI=1S/C17H18ClN3O2/c1-17(2,3)21-16(23)12-5-4-7-19-13(12)10-14(22)11-6-8-20-15(18)9-11/h4-9H,10H2,1-3H3,(H,21,23). The van der Waals surface area contributed by atoms with E-state index in [-0.39, 0.29) is 28.8 Å². The lowest BCUT2D eigenvalue weighted by molar-refractivity contribution is 0.0918. The Kier molecular flexibility index (Phi) is 5.11. The fourth-order valence-electron chi connectivity index (χ4n) is 2.02. The molecule has 0 atom stereocenters. The molecule has 2 aromatic heterocycles. The highest BCUT2D eigenvalue weighted by Gasteiger charge is 2.20. The fraction of sp³-hybridized carbons (Fsp3) is 0.294. The summed E-state index contributed by atoms with van der Waals surface area (Å²) < 4.78 is 0. The van der Waals surface area contributed by atoms with E-state index in [1.807, 2.05) is 20.8 Å². The number of rotatable bonds is 4. The Bertz CT molecular complexity index is 739. The third-order valence-corrected chi connectivity index (χ3v) is 3.21. The lowest BCUT2D eigenvalue weighted by Gasteiger charge is -2.21. The van der Waals surface area contributed by atoms with Gasteiger partial charge in [0, 0.05) is 23.5 Å². The molecule has 0 saturated carbocycles. The van der Waals surface area contributed by atoms with Gasteiger partial charge in [0.05, 0.1) is 17.7 Å². The van der Waals surface area contributed by atoms with Gasteiger partial charge < -0.3 is 5.32 Å². The van der Waals surface area contributed by atoms with Crippen LogP contribution in [0.2, 0.25) is 5.15 Å². The number of Topliss-reactive ketones (excluding diaryl/α,β-unsaturated/α-hetero) is 1. The zero-order valence-electron chi connectivity index (χ0n) is 13.3. The second-order valence-corrected chi connectivity index (χ2v) is 6.56. The molecule has 0 unspecified atom stereocenters. The van der Waals surface area contributed by atoms with Crippen LogP contribution in [-0.4, -0.2) is 27.2 Å². The summed E-state index contributed by atoms with van der Waals surface area (Å²) in [6.45, 7) is 5.68. The summed E-state index contributed by atoms with van der Waals surface area (Å²) in [5.74, 6) is -0.418. The van der Waals surface area contributed by atoms with E-state index in [2.05, 4.69) is 15.3 Å². The first-order chi connectivity index (χ1) is 10.8. The second kappa shape index (κ2) is 6.87. The molecular formula is C17H18ClN3O2. The quantitative estimate of drug-likeness (QED) is 0.690. The molecule has 0 spiro atoms. The van der Waals surface area contributed by atoms with Crippen LogP contribution < -0.4 is 5.32 Å². The van der Waals surface area contributed by atoms with Crippen LogP contribution in [0.1, 0.15) is 47.2 Å². The highest BCUT2D eigenvalue weighted by molar-refractivity contribution is 6.29. The molecule has 0 fully saturated rings. The summed E-state index contributed by atoms with van der Waals surface area (Å²) in [6, 6.07) is 6.43. The molecule has 0 bridgehead atoms. The molecule has 6 heteroatoms. The average Bonchev–Trinajstić information content (AvgIpc) is 2.46. The van der Waals surface area contributed by atoms with Crippen LogP contribution in [0.4, 0.5) is 0 Å². The average molecular weight is 332 g/mol. The first kappa shape index (κ1) is 17.1. The van der Waals surface area contributed by atoms with E-state index < -0.39 is 0 Å².